The summed E-state index contributed by atoms with van der Waals surface area (Å²) in [6, 6.07) is 8.88. The molecule has 0 aromatic heterocycles. The van der Waals surface area contributed by atoms with Crippen molar-refractivity contribution in [1.29, 1.82) is 0 Å². The zero-order valence-corrected chi connectivity index (χ0v) is 17.9. The van der Waals surface area contributed by atoms with Crippen LogP contribution in [0, 0.1) is 0 Å². The van der Waals surface area contributed by atoms with Crippen molar-refractivity contribution in [2.24, 2.45) is 0 Å². The fraction of sp³-hybridized carbons (Fsp3) is 0.682. The summed E-state index contributed by atoms with van der Waals surface area (Å²) in [5, 5.41) is 0. The number of rotatable bonds is 8. The van der Waals surface area contributed by atoms with Gasteiger partial charge in [-0.3, -0.25) is 9.69 Å². The maximum Gasteiger partial charge on any atom is 0.223 e. The van der Waals surface area contributed by atoms with Crippen LogP contribution in [-0.2, 0) is 4.79 Å². The fourth-order valence-electron chi connectivity index (χ4n) is 4.01. The zero-order valence-electron chi connectivity index (χ0n) is 17.9. The number of benzene rings is 1. The molecule has 2 rings (SSSR count). The van der Waals surface area contributed by atoms with Crippen molar-refractivity contribution >= 4 is 5.91 Å². The Kier molecular flexibility index (Phi) is 8.11. The minimum absolute atomic E-state index is 0.215. The van der Waals surface area contributed by atoms with E-state index in [1.54, 1.807) is 7.11 Å². The largest absolute Gasteiger partial charge is 0.497 e. The first-order valence-corrected chi connectivity index (χ1v) is 10.1. The number of amides is 1. The average molecular weight is 376 g/mol. The van der Waals surface area contributed by atoms with Gasteiger partial charge in [0.15, 0.2) is 0 Å². The van der Waals surface area contributed by atoms with Crippen molar-refractivity contribution in [1.82, 2.24) is 14.7 Å². The third kappa shape index (κ3) is 6.22. The maximum atomic E-state index is 12.9. The van der Waals surface area contributed by atoms with Crippen LogP contribution in [-0.4, -0.2) is 80.1 Å². The minimum Gasteiger partial charge on any atom is -0.497 e. The van der Waals surface area contributed by atoms with Crippen molar-refractivity contribution in [3.05, 3.63) is 29.8 Å². The summed E-state index contributed by atoms with van der Waals surface area (Å²) in [7, 11) is 5.91. The number of nitrogens with zero attached hydrogens (tertiary/aromatic N) is 3. The molecule has 1 fully saturated rings. The Morgan fingerprint density at radius 2 is 1.78 bits per heavy atom. The Morgan fingerprint density at radius 1 is 1.19 bits per heavy atom. The van der Waals surface area contributed by atoms with E-state index in [2.05, 4.69) is 61.7 Å². The molecule has 3 atom stereocenters. The molecule has 0 N–H and O–H groups in total. The topological polar surface area (TPSA) is 36.0 Å². The van der Waals surface area contributed by atoms with Crippen molar-refractivity contribution in [3.8, 4) is 5.75 Å². The van der Waals surface area contributed by atoms with Gasteiger partial charge in [0.25, 0.3) is 0 Å². The molecule has 0 aliphatic carbocycles. The monoisotopic (exact) mass is 375 g/mol. The standard InChI is InChI=1S/C22H37N3O2/c1-17(20-8-10-21(27-6)11-9-20)14-22(26)24-15-18(2)25(19(3)16-24)13-7-12-23(4)5/h8-11,17-19H,7,12-16H2,1-6H3. The van der Waals surface area contributed by atoms with Gasteiger partial charge in [-0.1, -0.05) is 19.1 Å². The summed E-state index contributed by atoms with van der Waals surface area (Å²) in [6.45, 7) is 10.5. The van der Waals surface area contributed by atoms with Crippen molar-refractivity contribution < 1.29 is 9.53 Å². The molecular weight excluding hydrogens is 338 g/mol. The summed E-state index contributed by atoms with van der Waals surface area (Å²) in [5.74, 6) is 1.34. The van der Waals surface area contributed by atoms with Gasteiger partial charge in [0, 0.05) is 38.1 Å². The second-order valence-electron chi connectivity index (χ2n) is 8.27. The number of ether oxygens (including phenoxy) is 1. The van der Waals surface area contributed by atoms with E-state index in [1.165, 1.54) is 12.0 Å². The van der Waals surface area contributed by atoms with Gasteiger partial charge in [0.2, 0.25) is 5.91 Å². The van der Waals surface area contributed by atoms with Gasteiger partial charge in [0.05, 0.1) is 7.11 Å². The molecule has 1 heterocycles. The molecule has 152 valence electrons. The van der Waals surface area contributed by atoms with Crippen LogP contribution in [0.15, 0.2) is 24.3 Å². The van der Waals surface area contributed by atoms with Gasteiger partial charge in [-0.2, -0.15) is 0 Å². The van der Waals surface area contributed by atoms with Crippen molar-refractivity contribution in [3.63, 3.8) is 0 Å². The molecule has 1 aliphatic heterocycles. The number of carbonyl (C=O) groups is 1. The average Bonchev–Trinajstić information content (AvgIpc) is 2.63. The third-order valence-electron chi connectivity index (χ3n) is 5.64. The normalized spacial score (nSPS) is 22.1. The Morgan fingerprint density at radius 3 is 2.30 bits per heavy atom. The number of hydrogen-bond donors (Lipinski definition) is 0. The Labute approximate surface area is 165 Å². The molecule has 0 saturated carbocycles. The van der Waals surface area contributed by atoms with Gasteiger partial charge < -0.3 is 14.5 Å². The van der Waals surface area contributed by atoms with Gasteiger partial charge >= 0.3 is 0 Å². The summed E-state index contributed by atoms with van der Waals surface area (Å²) < 4.78 is 5.22. The lowest BCUT2D eigenvalue weighted by molar-refractivity contribution is -0.136. The molecule has 5 heteroatoms. The Balaban J connectivity index is 1.87. The molecule has 0 radical (unpaired) electrons. The molecule has 1 saturated heterocycles. The minimum atomic E-state index is 0.215. The van der Waals surface area contributed by atoms with Crippen LogP contribution in [0.1, 0.15) is 45.1 Å². The number of hydrogen-bond acceptors (Lipinski definition) is 4. The van der Waals surface area contributed by atoms with E-state index in [0.29, 0.717) is 18.5 Å². The Bertz CT molecular complexity index is 576. The van der Waals surface area contributed by atoms with Crippen LogP contribution >= 0.6 is 0 Å². The summed E-state index contributed by atoms with van der Waals surface area (Å²) in [4.78, 5) is 19.7. The number of piperazine rings is 1. The lowest BCUT2D eigenvalue weighted by Gasteiger charge is -2.45. The van der Waals surface area contributed by atoms with Crippen LogP contribution in [0.5, 0.6) is 5.75 Å². The first-order valence-electron chi connectivity index (χ1n) is 10.1. The smallest absolute Gasteiger partial charge is 0.223 e. The van der Waals surface area contributed by atoms with Gasteiger partial charge in [-0.05, 0) is 64.5 Å². The molecule has 1 aromatic carbocycles. The van der Waals surface area contributed by atoms with E-state index in [-0.39, 0.29) is 11.8 Å². The first-order chi connectivity index (χ1) is 12.8. The maximum absolute atomic E-state index is 12.9. The summed E-state index contributed by atoms with van der Waals surface area (Å²) in [5.41, 5.74) is 1.19. The van der Waals surface area contributed by atoms with Gasteiger partial charge in [0.1, 0.15) is 5.75 Å². The van der Waals surface area contributed by atoms with Gasteiger partial charge in [-0.15, -0.1) is 0 Å². The van der Waals surface area contributed by atoms with E-state index in [9.17, 15) is 4.79 Å². The summed E-state index contributed by atoms with van der Waals surface area (Å²) >= 11 is 0. The molecule has 1 aliphatic rings. The SMILES string of the molecule is COc1ccc(C(C)CC(=O)N2CC(C)N(CCCN(C)C)C(C)C2)cc1. The molecule has 27 heavy (non-hydrogen) atoms. The molecule has 1 amide bonds. The quantitative estimate of drug-likeness (QED) is 0.700. The molecule has 3 unspecified atom stereocenters. The second-order valence-corrected chi connectivity index (χ2v) is 8.27. The third-order valence-corrected chi connectivity index (χ3v) is 5.64. The first kappa shape index (κ1) is 21.7. The van der Waals surface area contributed by atoms with Gasteiger partial charge in [-0.25, -0.2) is 0 Å². The number of methoxy groups -OCH3 is 1. The highest BCUT2D eigenvalue weighted by Crippen LogP contribution is 2.24. The molecule has 1 aromatic rings. The van der Waals surface area contributed by atoms with E-state index < -0.39 is 0 Å². The highest BCUT2D eigenvalue weighted by Gasteiger charge is 2.31. The second kappa shape index (κ2) is 10.1. The van der Waals surface area contributed by atoms with Crippen LogP contribution in [0.3, 0.4) is 0 Å². The summed E-state index contributed by atoms with van der Waals surface area (Å²) in [6.07, 6.45) is 1.73. The lowest BCUT2D eigenvalue weighted by Crippen LogP contribution is -2.58. The van der Waals surface area contributed by atoms with Crippen LogP contribution in [0.25, 0.3) is 0 Å². The van der Waals surface area contributed by atoms with Crippen molar-refractivity contribution in [2.75, 3.05) is 47.4 Å². The predicted molar refractivity (Wildman–Crippen MR) is 111 cm³/mol. The predicted octanol–water partition coefficient (Wildman–Crippen LogP) is 3.06. The van der Waals surface area contributed by atoms with E-state index >= 15 is 0 Å². The van der Waals surface area contributed by atoms with E-state index in [4.69, 9.17) is 4.74 Å². The van der Waals surface area contributed by atoms with Crippen LogP contribution < -0.4 is 4.74 Å². The molecule has 0 bridgehead atoms. The Hall–Kier alpha value is -1.59. The van der Waals surface area contributed by atoms with E-state index in [1.807, 2.05) is 12.1 Å². The van der Waals surface area contributed by atoms with Crippen LogP contribution in [0.2, 0.25) is 0 Å². The highest BCUT2D eigenvalue weighted by atomic mass is 16.5. The van der Waals surface area contributed by atoms with Crippen LogP contribution in [0.4, 0.5) is 0 Å². The van der Waals surface area contributed by atoms with Crippen molar-refractivity contribution in [2.45, 2.75) is 51.6 Å². The molecule has 5 nitrogen and oxygen atoms in total. The lowest BCUT2D eigenvalue weighted by atomic mass is 9.96. The zero-order chi connectivity index (χ0) is 20.0. The van der Waals surface area contributed by atoms with E-state index in [0.717, 1.165) is 31.9 Å². The molecule has 0 spiro atoms. The molecular formula is C22H37N3O2. The number of carbonyl (C=O) groups excluding carboxylic acids is 1. The fourth-order valence-corrected chi connectivity index (χ4v) is 4.01. The highest BCUT2D eigenvalue weighted by molar-refractivity contribution is 5.77.